The van der Waals surface area contributed by atoms with Gasteiger partial charge in [0.05, 0.1) is 33.9 Å². The van der Waals surface area contributed by atoms with Gasteiger partial charge < -0.3 is 19.7 Å². The molecule has 0 aliphatic carbocycles. The van der Waals surface area contributed by atoms with E-state index >= 15 is 0 Å². The lowest BCUT2D eigenvalue weighted by atomic mass is 10.1. The first-order valence-electron chi connectivity index (χ1n) is 10.8. The van der Waals surface area contributed by atoms with Gasteiger partial charge in [-0.3, -0.25) is 4.98 Å². The van der Waals surface area contributed by atoms with Crippen LogP contribution in [0.3, 0.4) is 0 Å². The number of nitrogens with one attached hydrogen (secondary N) is 1. The molecule has 1 aliphatic rings. The third-order valence-corrected chi connectivity index (χ3v) is 5.68. The highest BCUT2D eigenvalue weighted by atomic mass is 35.5. The highest BCUT2D eigenvalue weighted by molar-refractivity contribution is 6.32. The minimum absolute atomic E-state index is 0.346. The van der Waals surface area contributed by atoms with Crippen molar-refractivity contribution >= 4 is 39.7 Å². The second-order valence-corrected chi connectivity index (χ2v) is 8.02. The number of pyridine rings is 1. The third kappa shape index (κ3) is 4.50. The first-order chi connectivity index (χ1) is 16.2. The number of anilines is 3. The molecular weight excluding hydrogens is 438 g/mol. The van der Waals surface area contributed by atoms with Gasteiger partial charge >= 0.3 is 0 Å². The molecule has 1 radical (unpaired) electrons. The number of aromatic nitrogens is 3. The van der Waals surface area contributed by atoms with Crippen molar-refractivity contribution in [1.29, 1.82) is 0 Å². The van der Waals surface area contributed by atoms with Gasteiger partial charge in [-0.2, -0.15) is 0 Å². The van der Waals surface area contributed by atoms with E-state index in [1.54, 1.807) is 12.5 Å². The van der Waals surface area contributed by atoms with Crippen LogP contribution in [0.2, 0.25) is 5.02 Å². The Morgan fingerprint density at radius 1 is 1.15 bits per heavy atom. The van der Waals surface area contributed by atoms with E-state index < -0.39 is 0 Å². The van der Waals surface area contributed by atoms with Crippen LogP contribution in [-0.4, -0.2) is 34.6 Å². The molecule has 1 aliphatic heterocycles. The maximum Gasteiger partial charge on any atom is 0.155 e. The Morgan fingerprint density at radius 3 is 2.91 bits per heavy atom. The molecule has 4 aromatic rings. The average molecular weight is 461 g/mol. The van der Waals surface area contributed by atoms with Crippen LogP contribution >= 0.6 is 11.6 Å². The maximum absolute atomic E-state index is 6.50. The second kappa shape index (κ2) is 9.50. The summed E-state index contributed by atoms with van der Waals surface area (Å²) in [7, 11) is 0. The lowest BCUT2D eigenvalue weighted by Crippen LogP contribution is -2.33. The lowest BCUT2D eigenvalue weighted by molar-refractivity contribution is 0.301. The Bertz CT molecular complexity index is 1270. The second-order valence-electron chi connectivity index (χ2n) is 7.61. The predicted octanol–water partition coefficient (Wildman–Crippen LogP) is 5.42. The number of rotatable bonds is 7. The summed E-state index contributed by atoms with van der Waals surface area (Å²) in [6.07, 6.45) is 5.42. The summed E-state index contributed by atoms with van der Waals surface area (Å²) in [5.74, 6) is 2.05. The van der Waals surface area contributed by atoms with Gasteiger partial charge in [0.1, 0.15) is 31.1 Å². The van der Waals surface area contributed by atoms with E-state index in [1.807, 2.05) is 42.5 Å². The number of nitrogens with zero attached hydrogens (tertiary/aromatic N) is 4. The number of hydrogen-bond donors (Lipinski definition) is 1. The van der Waals surface area contributed by atoms with E-state index in [0.29, 0.717) is 29.8 Å². The first-order valence-corrected chi connectivity index (χ1v) is 11.1. The zero-order chi connectivity index (χ0) is 22.6. The van der Waals surface area contributed by atoms with Crippen LogP contribution in [0.25, 0.3) is 10.9 Å². The molecule has 0 atom stereocenters. The van der Waals surface area contributed by atoms with Gasteiger partial charge in [0.25, 0.3) is 0 Å². The van der Waals surface area contributed by atoms with Crippen molar-refractivity contribution in [1.82, 2.24) is 15.0 Å². The fourth-order valence-electron chi connectivity index (χ4n) is 3.86. The number of benzene rings is 2. The zero-order valence-corrected chi connectivity index (χ0v) is 18.9. The topological polar surface area (TPSA) is 72.4 Å². The normalized spacial score (nSPS) is 12.8. The number of halogens is 1. The summed E-state index contributed by atoms with van der Waals surface area (Å²) in [6.45, 7) is 4.71. The molecule has 0 amide bonds. The molecule has 0 unspecified atom stereocenters. The zero-order valence-electron chi connectivity index (χ0n) is 18.2. The summed E-state index contributed by atoms with van der Waals surface area (Å²) in [4.78, 5) is 15.5. The quantitative estimate of drug-likeness (QED) is 0.394. The summed E-state index contributed by atoms with van der Waals surface area (Å²) in [5.41, 5.74) is 3.48. The summed E-state index contributed by atoms with van der Waals surface area (Å²) in [6, 6.07) is 15.3. The molecule has 7 nitrogen and oxygen atoms in total. The van der Waals surface area contributed by atoms with Crippen LogP contribution in [0, 0.1) is 6.42 Å². The summed E-state index contributed by atoms with van der Waals surface area (Å²) >= 11 is 6.50. The molecule has 8 heteroatoms. The summed E-state index contributed by atoms with van der Waals surface area (Å²) in [5, 5.41) is 4.72. The Kier molecular flexibility index (Phi) is 6.13. The minimum atomic E-state index is 0.346. The van der Waals surface area contributed by atoms with E-state index in [-0.39, 0.29) is 0 Å². The van der Waals surface area contributed by atoms with E-state index in [2.05, 4.69) is 44.6 Å². The Hall–Kier alpha value is -3.58. The van der Waals surface area contributed by atoms with Gasteiger partial charge in [-0.15, -0.1) is 0 Å². The molecule has 1 N–H and O–H groups in total. The fourth-order valence-corrected chi connectivity index (χ4v) is 4.09. The standard InChI is InChI=1S/C25H23ClN5O2/c1-2-11-31-12-13-32-24-21(31)8-7-20-23(24)25(29-16-28-20)30-17-6-9-22(19(26)14-17)33-15-18-5-3-4-10-27-18/h2-10,14,16H,11-13,15H2,1H3,(H,28,29,30). The average Bonchev–Trinajstić information content (AvgIpc) is 2.84. The molecule has 2 aromatic carbocycles. The highest BCUT2D eigenvalue weighted by Gasteiger charge is 2.22. The van der Waals surface area contributed by atoms with Crippen molar-refractivity contribution in [3.8, 4) is 11.5 Å². The van der Waals surface area contributed by atoms with Crippen molar-refractivity contribution in [3.63, 3.8) is 0 Å². The molecule has 0 saturated carbocycles. The largest absolute Gasteiger partial charge is 0.489 e. The van der Waals surface area contributed by atoms with Crippen LogP contribution in [0.5, 0.6) is 11.5 Å². The minimum Gasteiger partial charge on any atom is -0.489 e. The van der Waals surface area contributed by atoms with Gasteiger partial charge in [0.2, 0.25) is 0 Å². The lowest BCUT2D eigenvalue weighted by Gasteiger charge is -2.31. The van der Waals surface area contributed by atoms with E-state index in [4.69, 9.17) is 21.1 Å². The van der Waals surface area contributed by atoms with E-state index in [1.165, 1.54) is 0 Å². The van der Waals surface area contributed by atoms with E-state index in [9.17, 15) is 0 Å². The maximum atomic E-state index is 6.50. The van der Waals surface area contributed by atoms with Gasteiger partial charge in [0, 0.05) is 18.4 Å². The molecule has 167 valence electrons. The Balaban J connectivity index is 1.42. The van der Waals surface area contributed by atoms with Crippen molar-refractivity contribution in [2.75, 3.05) is 29.9 Å². The third-order valence-electron chi connectivity index (χ3n) is 5.38. The van der Waals surface area contributed by atoms with Gasteiger partial charge in [-0.25, -0.2) is 9.97 Å². The first kappa shape index (κ1) is 21.3. The molecular formula is C25H23ClN5O2. The fraction of sp³-hybridized carbons (Fsp3) is 0.200. The van der Waals surface area contributed by atoms with Crippen LogP contribution < -0.4 is 19.7 Å². The molecule has 33 heavy (non-hydrogen) atoms. The molecule has 0 bridgehead atoms. The van der Waals surface area contributed by atoms with Crippen molar-refractivity contribution in [3.05, 3.63) is 78.2 Å². The number of ether oxygens (including phenoxy) is 2. The van der Waals surface area contributed by atoms with Crippen LogP contribution in [0.15, 0.2) is 61.1 Å². The van der Waals surface area contributed by atoms with Crippen LogP contribution in [0.1, 0.15) is 12.6 Å². The van der Waals surface area contributed by atoms with Gasteiger partial charge in [0.15, 0.2) is 5.75 Å². The van der Waals surface area contributed by atoms with E-state index in [0.717, 1.165) is 46.8 Å². The number of hydrogen-bond acceptors (Lipinski definition) is 7. The van der Waals surface area contributed by atoms with Gasteiger partial charge in [-0.05, 0) is 48.9 Å². The smallest absolute Gasteiger partial charge is 0.155 e. The molecule has 3 heterocycles. The Labute approximate surface area is 197 Å². The SMILES string of the molecule is C[CH]CN1CCOc2c1ccc1ncnc(Nc3ccc(OCc4ccccn4)c(Cl)c3)c21. The van der Waals surface area contributed by atoms with Crippen molar-refractivity contribution in [2.45, 2.75) is 13.5 Å². The highest BCUT2D eigenvalue weighted by Crippen LogP contribution is 2.41. The monoisotopic (exact) mass is 460 g/mol. The molecule has 0 saturated heterocycles. The summed E-state index contributed by atoms with van der Waals surface area (Å²) < 4.78 is 11.9. The van der Waals surface area contributed by atoms with Crippen molar-refractivity contribution < 1.29 is 9.47 Å². The predicted molar refractivity (Wildman–Crippen MR) is 131 cm³/mol. The van der Waals surface area contributed by atoms with Crippen molar-refractivity contribution in [2.24, 2.45) is 0 Å². The van der Waals surface area contributed by atoms with Crippen LogP contribution in [0.4, 0.5) is 17.2 Å². The van der Waals surface area contributed by atoms with Gasteiger partial charge in [-0.1, -0.05) is 24.6 Å². The Morgan fingerprint density at radius 2 is 2.09 bits per heavy atom. The van der Waals surface area contributed by atoms with Crippen LogP contribution in [-0.2, 0) is 6.61 Å². The molecule has 0 spiro atoms. The molecule has 0 fully saturated rings. The number of fused-ring (bicyclic) bond motifs is 3. The molecule has 5 rings (SSSR count). The molecule has 2 aromatic heterocycles.